The molecule has 1 aliphatic heterocycles. The first-order valence-corrected chi connectivity index (χ1v) is 13.7. The quantitative estimate of drug-likeness (QED) is 0.304. The number of ether oxygens (including phenoxy) is 1. The van der Waals surface area contributed by atoms with E-state index in [0.717, 1.165) is 21.6 Å². The molecular weight excluding hydrogens is 530 g/mol. The van der Waals surface area contributed by atoms with Crippen LogP contribution >= 0.6 is 11.8 Å². The summed E-state index contributed by atoms with van der Waals surface area (Å²) in [7, 11) is -2.80. The van der Waals surface area contributed by atoms with E-state index in [1.807, 2.05) is 12.1 Å². The van der Waals surface area contributed by atoms with Gasteiger partial charge in [0.15, 0.2) is 5.17 Å². The topological polar surface area (TPSA) is 139 Å². The van der Waals surface area contributed by atoms with Gasteiger partial charge in [-0.2, -0.15) is 0 Å². The molecule has 0 amide bonds. The molecule has 0 aliphatic carbocycles. The molecule has 1 unspecified atom stereocenters. The number of hydrogen-bond acceptors (Lipinski definition) is 8. The number of methoxy groups -OCH3 is 1. The summed E-state index contributed by atoms with van der Waals surface area (Å²) < 4.78 is 34.2. The van der Waals surface area contributed by atoms with Crippen molar-refractivity contribution in [2.24, 2.45) is 4.99 Å². The van der Waals surface area contributed by atoms with E-state index in [1.54, 1.807) is 37.4 Å². The van der Waals surface area contributed by atoms with Gasteiger partial charge in [-0.15, -0.1) is 0 Å². The SMILES string of the molecule is COc1ccc(CSC2=NC(C)=C(C(=O)O)C(c3cccc([N+](=O)[O-])c3)N2S(=O)(=O)c2ccccc2)cc1. The smallest absolute Gasteiger partial charge is 0.335 e. The second-order valence-corrected chi connectivity index (χ2v) is 11.0. The number of aliphatic carboxylic acids is 1. The van der Waals surface area contributed by atoms with Crippen molar-refractivity contribution in [3.63, 3.8) is 0 Å². The van der Waals surface area contributed by atoms with Crippen LogP contribution < -0.4 is 4.74 Å². The van der Waals surface area contributed by atoms with Gasteiger partial charge in [0.1, 0.15) is 11.8 Å². The van der Waals surface area contributed by atoms with E-state index in [9.17, 15) is 28.4 Å². The van der Waals surface area contributed by atoms with E-state index in [2.05, 4.69) is 4.99 Å². The van der Waals surface area contributed by atoms with Crippen molar-refractivity contribution in [3.8, 4) is 5.75 Å². The van der Waals surface area contributed by atoms with Crippen LogP contribution in [0.15, 0.2) is 100 Å². The summed E-state index contributed by atoms with van der Waals surface area (Å²) in [5.41, 5.74) is 0.502. The van der Waals surface area contributed by atoms with Crippen molar-refractivity contribution in [1.82, 2.24) is 4.31 Å². The van der Waals surface area contributed by atoms with E-state index in [-0.39, 0.29) is 32.6 Å². The Labute approximate surface area is 223 Å². The number of non-ortho nitro benzene ring substituents is 1. The first-order valence-electron chi connectivity index (χ1n) is 11.3. The first-order chi connectivity index (χ1) is 18.1. The second kappa shape index (κ2) is 11.1. The van der Waals surface area contributed by atoms with Gasteiger partial charge >= 0.3 is 5.97 Å². The summed E-state index contributed by atoms with van der Waals surface area (Å²) in [5, 5.41) is 21.7. The zero-order valence-electron chi connectivity index (χ0n) is 20.3. The van der Waals surface area contributed by atoms with Gasteiger partial charge in [0.05, 0.1) is 28.2 Å². The predicted molar refractivity (Wildman–Crippen MR) is 143 cm³/mol. The predicted octanol–water partition coefficient (Wildman–Crippen LogP) is 5.00. The maximum atomic E-state index is 14.0. The summed E-state index contributed by atoms with van der Waals surface area (Å²) in [6.07, 6.45) is 0. The molecule has 3 aromatic rings. The van der Waals surface area contributed by atoms with Crippen LogP contribution in [-0.2, 0) is 20.6 Å². The number of carboxylic acids is 1. The molecule has 196 valence electrons. The number of aliphatic imine (C=N–C) groups is 1. The van der Waals surface area contributed by atoms with Gasteiger partial charge in [0.2, 0.25) is 0 Å². The van der Waals surface area contributed by atoms with Gasteiger partial charge in [0, 0.05) is 17.9 Å². The minimum atomic E-state index is -4.35. The Morgan fingerprint density at radius 1 is 1.11 bits per heavy atom. The van der Waals surface area contributed by atoms with E-state index in [1.165, 1.54) is 43.3 Å². The first kappa shape index (κ1) is 26.9. The van der Waals surface area contributed by atoms with Crippen molar-refractivity contribution >= 4 is 38.6 Å². The van der Waals surface area contributed by atoms with Crippen LogP contribution in [0.1, 0.15) is 24.1 Å². The number of nitrogens with zero attached hydrogens (tertiary/aromatic N) is 3. The lowest BCUT2D eigenvalue weighted by Crippen LogP contribution is -2.43. The molecule has 3 aromatic carbocycles. The van der Waals surface area contributed by atoms with Crippen molar-refractivity contribution in [2.45, 2.75) is 23.6 Å². The molecule has 1 heterocycles. The molecule has 0 saturated carbocycles. The number of thioether (sulfide) groups is 1. The largest absolute Gasteiger partial charge is 0.497 e. The number of carboxylic acid groups (broad SMARTS) is 1. The Morgan fingerprint density at radius 2 is 1.79 bits per heavy atom. The van der Waals surface area contributed by atoms with Gasteiger partial charge in [-0.3, -0.25) is 10.1 Å². The van der Waals surface area contributed by atoms with Crippen molar-refractivity contribution < 1.29 is 28.0 Å². The van der Waals surface area contributed by atoms with Crippen LogP contribution in [0, 0.1) is 10.1 Å². The number of allylic oxidation sites excluding steroid dienone is 1. The highest BCUT2D eigenvalue weighted by Crippen LogP contribution is 2.42. The molecule has 0 spiro atoms. The Kier molecular flexibility index (Phi) is 7.83. The molecule has 10 nitrogen and oxygen atoms in total. The van der Waals surface area contributed by atoms with Gasteiger partial charge in [-0.05, 0) is 42.3 Å². The number of nitro groups is 1. The molecular formula is C26H23N3O7S2. The maximum Gasteiger partial charge on any atom is 0.335 e. The number of rotatable bonds is 8. The summed E-state index contributed by atoms with van der Waals surface area (Å²) in [4.78, 5) is 27.6. The average molecular weight is 554 g/mol. The summed E-state index contributed by atoms with van der Waals surface area (Å²) in [6.45, 7) is 1.48. The van der Waals surface area contributed by atoms with Crippen molar-refractivity contribution in [1.29, 1.82) is 0 Å². The van der Waals surface area contributed by atoms with E-state index in [4.69, 9.17) is 4.74 Å². The van der Waals surface area contributed by atoms with Crippen LogP contribution in [0.5, 0.6) is 5.75 Å². The molecule has 0 radical (unpaired) electrons. The van der Waals surface area contributed by atoms with Crippen LogP contribution in [0.3, 0.4) is 0 Å². The van der Waals surface area contributed by atoms with Gasteiger partial charge in [-0.1, -0.05) is 54.2 Å². The molecule has 0 aromatic heterocycles. The minimum absolute atomic E-state index is 0.0451. The molecule has 0 bridgehead atoms. The molecule has 12 heteroatoms. The number of sulfonamides is 1. The average Bonchev–Trinajstić information content (AvgIpc) is 2.91. The molecule has 38 heavy (non-hydrogen) atoms. The zero-order chi connectivity index (χ0) is 27.4. The monoisotopic (exact) mass is 553 g/mol. The van der Waals surface area contributed by atoms with E-state index in [0.29, 0.717) is 11.5 Å². The molecule has 1 atom stereocenters. The summed E-state index contributed by atoms with van der Waals surface area (Å²) in [6, 6.07) is 18.7. The Hall–Kier alpha value is -4.16. The molecule has 0 saturated heterocycles. The summed E-state index contributed by atoms with van der Waals surface area (Å²) in [5.74, 6) is -0.395. The number of nitro benzene ring substituents is 1. The van der Waals surface area contributed by atoms with E-state index < -0.39 is 27.0 Å². The molecule has 1 N–H and O–H groups in total. The minimum Gasteiger partial charge on any atom is -0.497 e. The third-order valence-electron chi connectivity index (χ3n) is 5.80. The second-order valence-electron chi connectivity index (χ2n) is 8.20. The van der Waals surface area contributed by atoms with Gasteiger partial charge in [-0.25, -0.2) is 22.5 Å². The van der Waals surface area contributed by atoms with Crippen LogP contribution in [0.25, 0.3) is 0 Å². The number of amidine groups is 1. The lowest BCUT2D eigenvalue weighted by molar-refractivity contribution is -0.384. The number of hydrogen-bond donors (Lipinski definition) is 1. The number of benzene rings is 3. The third kappa shape index (κ3) is 5.41. The van der Waals surface area contributed by atoms with Crippen LogP contribution in [0.4, 0.5) is 5.69 Å². The van der Waals surface area contributed by atoms with Crippen LogP contribution in [-0.4, -0.2) is 41.0 Å². The van der Waals surface area contributed by atoms with Crippen LogP contribution in [0.2, 0.25) is 0 Å². The fourth-order valence-electron chi connectivity index (χ4n) is 3.97. The summed E-state index contributed by atoms with van der Waals surface area (Å²) >= 11 is 1.11. The van der Waals surface area contributed by atoms with Gasteiger partial charge < -0.3 is 9.84 Å². The fraction of sp³-hybridized carbons (Fsp3) is 0.154. The van der Waals surface area contributed by atoms with Crippen molar-refractivity contribution in [3.05, 3.63) is 111 Å². The van der Waals surface area contributed by atoms with E-state index >= 15 is 0 Å². The molecule has 4 rings (SSSR count). The normalized spacial score (nSPS) is 15.7. The molecule has 1 aliphatic rings. The third-order valence-corrected chi connectivity index (χ3v) is 8.71. The highest BCUT2D eigenvalue weighted by molar-refractivity contribution is 8.14. The maximum absolute atomic E-state index is 14.0. The fourth-order valence-corrected chi connectivity index (χ4v) is 6.83. The lowest BCUT2D eigenvalue weighted by atomic mass is 9.96. The number of carbonyl (C=O) groups is 1. The van der Waals surface area contributed by atoms with Gasteiger partial charge in [0.25, 0.3) is 15.7 Å². The Balaban J connectivity index is 1.88. The Morgan fingerprint density at radius 3 is 2.39 bits per heavy atom. The Bertz CT molecular complexity index is 1540. The molecule has 0 fully saturated rings. The van der Waals surface area contributed by atoms with Crippen molar-refractivity contribution in [2.75, 3.05) is 7.11 Å². The highest BCUT2D eigenvalue weighted by Gasteiger charge is 2.43. The zero-order valence-corrected chi connectivity index (χ0v) is 22.0. The lowest BCUT2D eigenvalue weighted by Gasteiger charge is -2.36. The highest BCUT2D eigenvalue weighted by atomic mass is 32.2. The standard InChI is InChI=1S/C26H23N3O7S2/c1-17-23(25(30)31)24(19-7-6-8-20(15-19)29(32)33)28(38(34,35)22-9-4-3-5-10-22)26(27-17)37-16-18-11-13-21(36-2)14-12-18/h3-15,24H,16H2,1-2H3,(H,30,31).